The van der Waals surface area contributed by atoms with Crippen LogP contribution in [0, 0.1) is 5.92 Å². The van der Waals surface area contributed by atoms with Crippen LogP contribution in [0.1, 0.15) is 24.8 Å². The van der Waals surface area contributed by atoms with Crippen molar-refractivity contribution in [2.75, 3.05) is 32.8 Å². The van der Waals surface area contributed by atoms with E-state index < -0.39 is 24.1 Å². The maximum atomic E-state index is 9.77. The first kappa shape index (κ1) is 26.8. The minimum absolute atomic E-state index is 0.604. The lowest BCUT2D eigenvalue weighted by Crippen LogP contribution is -2.42. The van der Waals surface area contributed by atoms with Crippen molar-refractivity contribution in [2.24, 2.45) is 5.92 Å². The monoisotopic (exact) mass is 492 g/mol. The summed E-state index contributed by atoms with van der Waals surface area (Å²) in [6.07, 6.45) is -1.02. The van der Waals surface area contributed by atoms with Crippen LogP contribution in [0.2, 0.25) is 10.0 Å². The average molecular weight is 493 g/mol. The van der Waals surface area contributed by atoms with Crippen LogP contribution in [0.25, 0.3) is 0 Å². The number of carboxylic acids is 2. The zero-order valence-electron chi connectivity index (χ0n) is 17.6. The summed E-state index contributed by atoms with van der Waals surface area (Å²) in [7, 11) is 0. The molecule has 2 unspecified atom stereocenters. The number of ether oxygens (including phenoxy) is 1. The quantitative estimate of drug-likeness (QED) is 0.364. The summed E-state index contributed by atoms with van der Waals surface area (Å²) in [4.78, 5) is 22.2. The fourth-order valence-corrected chi connectivity index (χ4v) is 4.37. The largest absolute Gasteiger partial charge is 0.479 e. The normalized spacial score (nSPS) is 21.0. The predicted octanol–water partition coefficient (Wildman–Crippen LogP) is 1.46. The van der Waals surface area contributed by atoms with Crippen LogP contribution in [0.3, 0.4) is 0 Å². The first-order valence-electron chi connectivity index (χ1n) is 10.5. The van der Waals surface area contributed by atoms with Crippen molar-refractivity contribution in [3.63, 3.8) is 0 Å². The summed E-state index contributed by atoms with van der Waals surface area (Å²) in [6.45, 7) is 6.09. The predicted molar refractivity (Wildman–Crippen MR) is 119 cm³/mol. The Hall–Kier alpha value is -1.46. The maximum Gasteiger partial charge on any atom is 0.335 e. The van der Waals surface area contributed by atoms with E-state index in [1.807, 2.05) is 12.1 Å². The van der Waals surface area contributed by atoms with Gasteiger partial charge in [0.1, 0.15) is 0 Å². The highest BCUT2D eigenvalue weighted by molar-refractivity contribution is 6.34. The van der Waals surface area contributed by atoms with Crippen LogP contribution >= 0.6 is 23.2 Å². The molecule has 2 heterocycles. The van der Waals surface area contributed by atoms with Gasteiger partial charge in [-0.25, -0.2) is 9.59 Å². The third-order valence-electron chi connectivity index (χ3n) is 5.48. The third-order valence-corrected chi connectivity index (χ3v) is 5.91. The molecule has 32 heavy (non-hydrogen) atoms. The molecule has 9 nitrogen and oxygen atoms in total. The van der Waals surface area contributed by atoms with Gasteiger partial charge in [-0.2, -0.15) is 0 Å². The fourth-order valence-electron chi connectivity index (χ4n) is 3.80. The lowest BCUT2D eigenvalue weighted by Gasteiger charge is -2.36. The number of aliphatic hydroxyl groups excluding tert-OH is 2. The number of benzene rings is 1. The van der Waals surface area contributed by atoms with Crippen molar-refractivity contribution in [3.8, 4) is 0 Å². The Labute approximate surface area is 196 Å². The molecule has 0 radical (unpaired) electrons. The summed E-state index contributed by atoms with van der Waals surface area (Å²) in [5.41, 5.74) is 1.20. The number of rotatable bonds is 8. The molecule has 1 aromatic rings. The molecule has 3 rings (SSSR count). The Bertz CT molecular complexity index is 717. The van der Waals surface area contributed by atoms with Gasteiger partial charge in [0.15, 0.2) is 12.2 Å². The Morgan fingerprint density at radius 1 is 1.03 bits per heavy atom. The molecule has 0 saturated carbocycles. The van der Waals surface area contributed by atoms with E-state index >= 15 is 0 Å². The van der Waals surface area contributed by atoms with Gasteiger partial charge in [0, 0.05) is 42.4 Å². The van der Waals surface area contributed by atoms with Crippen LogP contribution in [0.15, 0.2) is 18.2 Å². The number of carbonyl (C=O) groups is 2. The van der Waals surface area contributed by atoms with Crippen LogP contribution < -0.4 is 5.32 Å². The molecule has 2 aliphatic heterocycles. The number of nitrogens with zero attached hydrogens (tertiary/aromatic N) is 1. The molecule has 0 spiro atoms. The number of aliphatic hydroxyl groups is 2. The molecule has 5 N–H and O–H groups in total. The summed E-state index contributed by atoms with van der Waals surface area (Å²) in [5, 5.41) is 37.4. The zero-order chi connectivity index (χ0) is 23.7. The summed E-state index contributed by atoms with van der Waals surface area (Å²) < 4.78 is 5.53. The van der Waals surface area contributed by atoms with Crippen molar-refractivity contribution in [2.45, 2.75) is 44.1 Å². The number of nitrogens with one attached hydrogen (secondary N) is 1. The average Bonchev–Trinajstić information content (AvgIpc) is 3.25. The molecule has 180 valence electrons. The number of hydrogen-bond acceptors (Lipinski definition) is 7. The van der Waals surface area contributed by atoms with Crippen LogP contribution in [-0.2, 0) is 20.9 Å². The van der Waals surface area contributed by atoms with Gasteiger partial charge in [-0.3, -0.25) is 4.90 Å². The van der Waals surface area contributed by atoms with E-state index in [4.69, 9.17) is 48.4 Å². The van der Waals surface area contributed by atoms with Crippen molar-refractivity contribution in [1.29, 1.82) is 0 Å². The minimum Gasteiger partial charge on any atom is -0.479 e. The molecule has 0 amide bonds. The number of halogens is 2. The molecule has 2 aliphatic rings. The van der Waals surface area contributed by atoms with Crippen LogP contribution in [-0.4, -0.2) is 88.4 Å². The van der Waals surface area contributed by atoms with E-state index in [0.717, 1.165) is 68.2 Å². The standard InChI is InChI=1S/C17H24Cl2N2O.C4H6O6/c18-15-7-14(8-16(19)9-15)12-21(11-13-1-4-20-10-13)17-2-5-22-6-3-17;5-1(3(7)8)2(6)4(9)10/h7-9,13,17,20H,1-6,10-12H2;1-2,5-6H,(H,7,8)(H,9,10)/t13-;/m1./s1. The van der Waals surface area contributed by atoms with Crippen LogP contribution in [0.4, 0.5) is 0 Å². The Morgan fingerprint density at radius 2 is 1.59 bits per heavy atom. The van der Waals surface area contributed by atoms with Crippen molar-refractivity contribution < 1.29 is 34.8 Å². The number of carboxylic acid groups (broad SMARTS) is 2. The van der Waals surface area contributed by atoms with Crippen molar-refractivity contribution in [1.82, 2.24) is 10.2 Å². The summed E-state index contributed by atoms with van der Waals surface area (Å²) in [6, 6.07) is 6.47. The molecular formula is C21H30Cl2N2O7. The molecule has 2 saturated heterocycles. The van der Waals surface area contributed by atoms with E-state index in [1.165, 1.54) is 12.0 Å². The Kier molecular flexibility index (Phi) is 11.1. The van der Waals surface area contributed by atoms with Crippen LogP contribution in [0.5, 0.6) is 0 Å². The molecule has 3 atom stereocenters. The second-order valence-corrected chi connectivity index (χ2v) is 8.85. The topological polar surface area (TPSA) is 140 Å². The Balaban J connectivity index is 0.000000309. The molecule has 0 aliphatic carbocycles. The zero-order valence-corrected chi connectivity index (χ0v) is 19.1. The van der Waals surface area contributed by atoms with Crippen molar-refractivity contribution >= 4 is 35.1 Å². The molecule has 2 fully saturated rings. The molecular weight excluding hydrogens is 463 g/mol. The summed E-state index contributed by atoms with van der Waals surface area (Å²) >= 11 is 12.3. The third kappa shape index (κ3) is 8.82. The molecule has 1 aromatic carbocycles. The smallest absolute Gasteiger partial charge is 0.335 e. The highest BCUT2D eigenvalue weighted by Gasteiger charge is 2.29. The molecule has 0 bridgehead atoms. The Morgan fingerprint density at radius 3 is 2.06 bits per heavy atom. The molecule has 0 aromatic heterocycles. The van der Waals surface area contributed by atoms with Gasteiger partial charge in [-0.15, -0.1) is 0 Å². The first-order chi connectivity index (χ1) is 15.2. The highest BCUT2D eigenvalue weighted by atomic mass is 35.5. The first-order valence-corrected chi connectivity index (χ1v) is 11.2. The molecule has 11 heteroatoms. The number of aliphatic carboxylic acids is 2. The van der Waals surface area contributed by atoms with Gasteiger partial charge in [0.2, 0.25) is 0 Å². The lowest BCUT2D eigenvalue weighted by atomic mass is 10.0. The second-order valence-electron chi connectivity index (χ2n) is 7.98. The van der Waals surface area contributed by atoms with E-state index in [9.17, 15) is 9.59 Å². The lowest BCUT2D eigenvalue weighted by molar-refractivity contribution is -0.165. The van der Waals surface area contributed by atoms with E-state index in [1.54, 1.807) is 6.07 Å². The van der Waals surface area contributed by atoms with Crippen molar-refractivity contribution in [3.05, 3.63) is 33.8 Å². The SMILES string of the molecule is Clc1cc(Cl)cc(CN(C[C@@H]2CCNC2)C2CCOCC2)c1.O=C(O)C(O)C(O)C(=O)O. The van der Waals surface area contributed by atoms with Gasteiger partial charge in [-0.05, 0) is 62.0 Å². The van der Waals surface area contributed by atoms with Gasteiger partial charge < -0.3 is 30.5 Å². The van der Waals surface area contributed by atoms with Gasteiger partial charge >= 0.3 is 11.9 Å². The highest BCUT2D eigenvalue weighted by Crippen LogP contribution is 2.24. The fraction of sp³-hybridized carbons (Fsp3) is 0.619. The summed E-state index contributed by atoms with van der Waals surface area (Å²) in [5.74, 6) is -2.79. The minimum atomic E-state index is -2.27. The van der Waals surface area contributed by atoms with E-state index in [-0.39, 0.29) is 0 Å². The van der Waals surface area contributed by atoms with Gasteiger partial charge in [0.05, 0.1) is 0 Å². The van der Waals surface area contributed by atoms with E-state index in [2.05, 4.69) is 10.2 Å². The maximum absolute atomic E-state index is 9.77. The van der Waals surface area contributed by atoms with Gasteiger partial charge in [-0.1, -0.05) is 23.2 Å². The number of hydrogen-bond donors (Lipinski definition) is 5. The van der Waals surface area contributed by atoms with Gasteiger partial charge in [0.25, 0.3) is 0 Å². The van der Waals surface area contributed by atoms with E-state index in [0.29, 0.717) is 6.04 Å². The second kappa shape index (κ2) is 13.3.